The first kappa shape index (κ1) is 13.9. The molecule has 0 bridgehead atoms. The molecule has 0 unspecified atom stereocenters. The van der Waals surface area contributed by atoms with Crippen molar-refractivity contribution in [1.82, 2.24) is 15.5 Å². The Kier molecular flexibility index (Phi) is 5.52. The lowest BCUT2D eigenvalue weighted by atomic mass is 10.2. The van der Waals surface area contributed by atoms with Gasteiger partial charge in [0.15, 0.2) is 0 Å². The summed E-state index contributed by atoms with van der Waals surface area (Å²) < 4.78 is 1.23. The molecule has 1 aromatic heterocycles. The van der Waals surface area contributed by atoms with E-state index in [0.29, 0.717) is 0 Å². The molecule has 2 rings (SSSR count). The fraction of sp³-hybridized carbons (Fsp3) is 0.385. The summed E-state index contributed by atoms with van der Waals surface area (Å²) in [5, 5.41) is 14.0. The van der Waals surface area contributed by atoms with Gasteiger partial charge >= 0.3 is 0 Å². The average Bonchev–Trinajstić information content (AvgIpc) is 2.83. The first-order valence-electron chi connectivity index (χ1n) is 6.08. The Balaban J connectivity index is 1.97. The number of aromatic nitrogens is 2. The molecule has 0 saturated heterocycles. The zero-order valence-electron chi connectivity index (χ0n) is 10.3. The number of nitrogens with zero attached hydrogens (tertiary/aromatic N) is 2. The second kappa shape index (κ2) is 7.16. The molecule has 5 heteroatoms. The Morgan fingerprint density at radius 1 is 1.28 bits per heavy atom. The highest BCUT2D eigenvalue weighted by Crippen LogP contribution is 2.24. The minimum Gasteiger partial charge on any atom is -0.316 e. The van der Waals surface area contributed by atoms with Crippen LogP contribution in [0.2, 0.25) is 0 Å². The van der Waals surface area contributed by atoms with Gasteiger partial charge in [0, 0.05) is 22.1 Å². The van der Waals surface area contributed by atoms with Crippen LogP contribution in [0.25, 0.3) is 10.6 Å². The maximum absolute atomic E-state index is 4.26. The highest BCUT2D eigenvalue weighted by molar-refractivity contribution is 14.1. The predicted octanol–water partition coefficient (Wildman–Crippen LogP) is 3.35. The molecule has 0 aliphatic heterocycles. The van der Waals surface area contributed by atoms with Gasteiger partial charge in [-0.15, -0.1) is 10.2 Å². The molecule has 0 spiro atoms. The van der Waals surface area contributed by atoms with Crippen molar-refractivity contribution in [2.45, 2.75) is 19.8 Å². The van der Waals surface area contributed by atoms with E-state index in [-0.39, 0.29) is 0 Å². The molecule has 2 aromatic rings. The Morgan fingerprint density at radius 2 is 2.17 bits per heavy atom. The third kappa shape index (κ3) is 4.00. The zero-order chi connectivity index (χ0) is 12.8. The maximum atomic E-state index is 4.26. The average molecular weight is 373 g/mol. The maximum Gasteiger partial charge on any atom is 0.147 e. The van der Waals surface area contributed by atoms with Crippen molar-refractivity contribution in [2.24, 2.45) is 0 Å². The Morgan fingerprint density at radius 3 is 2.94 bits per heavy atom. The Bertz CT molecular complexity index is 498. The third-order valence-corrected chi connectivity index (χ3v) is 4.18. The lowest BCUT2D eigenvalue weighted by molar-refractivity contribution is 0.668. The highest BCUT2D eigenvalue weighted by Gasteiger charge is 2.06. The Hall–Kier alpha value is -0.530. The quantitative estimate of drug-likeness (QED) is 0.624. The van der Waals surface area contributed by atoms with Crippen LogP contribution in [0, 0.1) is 3.57 Å². The fourth-order valence-electron chi connectivity index (χ4n) is 1.59. The molecule has 3 nitrogen and oxygen atoms in total. The largest absolute Gasteiger partial charge is 0.316 e. The molecule has 0 fully saturated rings. The van der Waals surface area contributed by atoms with Crippen LogP contribution in [0.15, 0.2) is 24.3 Å². The lowest BCUT2D eigenvalue weighted by Crippen LogP contribution is -2.17. The van der Waals surface area contributed by atoms with E-state index in [1.54, 1.807) is 11.3 Å². The standard InChI is InChI=1S/C13H16IN3S/c1-2-7-15-8-6-12-16-17-13(18-12)10-4-3-5-11(14)9-10/h3-5,9,15H,2,6-8H2,1H3. The molecule has 0 aliphatic rings. The number of nitrogens with one attached hydrogen (secondary N) is 1. The van der Waals surface area contributed by atoms with Crippen molar-refractivity contribution in [3.63, 3.8) is 0 Å². The summed E-state index contributed by atoms with van der Waals surface area (Å²) in [6.07, 6.45) is 2.13. The first-order valence-corrected chi connectivity index (χ1v) is 7.98. The van der Waals surface area contributed by atoms with Crippen molar-refractivity contribution in [3.05, 3.63) is 32.8 Å². The van der Waals surface area contributed by atoms with Gasteiger partial charge in [-0.05, 0) is 47.7 Å². The van der Waals surface area contributed by atoms with Crippen molar-refractivity contribution >= 4 is 33.9 Å². The van der Waals surface area contributed by atoms with Crippen molar-refractivity contribution in [2.75, 3.05) is 13.1 Å². The summed E-state index contributed by atoms with van der Waals surface area (Å²) in [4.78, 5) is 0. The van der Waals surface area contributed by atoms with Crippen LogP contribution in [-0.4, -0.2) is 23.3 Å². The molecule has 1 aromatic carbocycles. The fourth-order valence-corrected chi connectivity index (χ4v) is 2.97. The van der Waals surface area contributed by atoms with Crippen LogP contribution >= 0.6 is 33.9 Å². The minimum atomic E-state index is 0.960. The summed E-state index contributed by atoms with van der Waals surface area (Å²) in [5.74, 6) is 0. The van der Waals surface area contributed by atoms with Gasteiger partial charge in [0.2, 0.25) is 0 Å². The first-order chi connectivity index (χ1) is 8.79. The smallest absolute Gasteiger partial charge is 0.147 e. The number of rotatable bonds is 6. The van der Waals surface area contributed by atoms with Crippen LogP contribution in [0.5, 0.6) is 0 Å². The van der Waals surface area contributed by atoms with Crippen LogP contribution < -0.4 is 5.32 Å². The van der Waals surface area contributed by atoms with Crippen LogP contribution in [0.1, 0.15) is 18.4 Å². The van der Waals surface area contributed by atoms with Gasteiger partial charge in [0.25, 0.3) is 0 Å². The molecule has 0 aliphatic carbocycles. The molecule has 0 saturated carbocycles. The molecular weight excluding hydrogens is 357 g/mol. The molecule has 0 atom stereocenters. The van der Waals surface area contributed by atoms with Gasteiger partial charge < -0.3 is 5.32 Å². The van der Waals surface area contributed by atoms with Gasteiger partial charge in [0.05, 0.1) is 0 Å². The predicted molar refractivity (Wildman–Crippen MR) is 84.9 cm³/mol. The van der Waals surface area contributed by atoms with E-state index in [0.717, 1.165) is 35.1 Å². The molecule has 18 heavy (non-hydrogen) atoms. The van der Waals surface area contributed by atoms with E-state index in [4.69, 9.17) is 0 Å². The summed E-state index contributed by atoms with van der Waals surface area (Å²) in [6.45, 7) is 4.23. The summed E-state index contributed by atoms with van der Waals surface area (Å²) in [7, 11) is 0. The van der Waals surface area contributed by atoms with Gasteiger partial charge in [-0.1, -0.05) is 30.4 Å². The molecule has 1 heterocycles. The van der Waals surface area contributed by atoms with Gasteiger partial charge in [-0.2, -0.15) is 0 Å². The molecule has 1 N–H and O–H groups in total. The summed E-state index contributed by atoms with van der Waals surface area (Å²) in [5.41, 5.74) is 1.16. The van der Waals surface area contributed by atoms with E-state index in [1.807, 2.05) is 0 Å². The number of benzene rings is 1. The molecule has 0 radical (unpaired) electrons. The monoisotopic (exact) mass is 373 g/mol. The lowest BCUT2D eigenvalue weighted by Gasteiger charge is -1.98. The van der Waals surface area contributed by atoms with E-state index in [1.165, 1.54) is 9.99 Å². The van der Waals surface area contributed by atoms with Crippen molar-refractivity contribution in [3.8, 4) is 10.6 Å². The van der Waals surface area contributed by atoms with Crippen LogP contribution in [0.3, 0.4) is 0 Å². The van der Waals surface area contributed by atoms with Crippen LogP contribution in [0.4, 0.5) is 0 Å². The second-order valence-corrected chi connectivity index (χ2v) is 6.32. The molecule has 0 amide bonds. The van der Waals surface area contributed by atoms with E-state index in [9.17, 15) is 0 Å². The zero-order valence-corrected chi connectivity index (χ0v) is 13.3. The second-order valence-electron chi connectivity index (χ2n) is 4.01. The molecule has 96 valence electrons. The summed E-state index contributed by atoms with van der Waals surface area (Å²) >= 11 is 4.00. The topological polar surface area (TPSA) is 37.8 Å². The van der Waals surface area contributed by atoms with E-state index in [2.05, 4.69) is 69.3 Å². The SMILES string of the molecule is CCCNCCc1nnc(-c2cccc(I)c2)s1. The number of hydrogen-bond donors (Lipinski definition) is 1. The van der Waals surface area contributed by atoms with E-state index >= 15 is 0 Å². The van der Waals surface area contributed by atoms with Crippen molar-refractivity contribution < 1.29 is 0 Å². The van der Waals surface area contributed by atoms with E-state index < -0.39 is 0 Å². The van der Waals surface area contributed by atoms with Gasteiger partial charge in [0.1, 0.15) is 10.0 Å². The minimum absolute atomic E-state index is 0.960. The van der Waals surface area contributed by atoms with Gasteiger partial charge in [-0.25, -0.2) is 0 Å². The molecular formula is C13H16IN3S. The summed E-state index contributed by atoms with van der Waals surface area (Å²) in [6, 6.07) is 8.36. The van der Waals surface area contributed by atoms with Crippen LogP contribution in [-0.2, 0) is 6.42 Å². The third-order valence-electron chi connectivity index (χ3n) is 2.48. The van der Waals surface area contributed by atoms with Gasteiger partial charge in [-0.3, -0.25) is 0 Å². The number of hydrogen-bond acceptors (Lipinski definition) is 4. The Labute approximate surface area is 125 Å². The normalized spacial score (nSPS) is 10.8. The van der Waals surface area contributed by atoms with Crippen molar-refractivity contribution in [1.29, 1.82) is 0 Å². The highest BCUT2D eigenvalue weighted by atomic mass is 127. The number of halogens is 1.